The minimum atomic E-state index is -0.436. The second kappa shape index (κ2) is 6.69. The zero-order valence-corrected chi connectivity index (χ0v) is 12.6. The Bertz CT molecular complexity index is 636. The maximum absolute atomic E-state index is 13.8. The highest BCUT2D eigenvalue weighted by Gasteiger charge is 2.11. The highest BCUT2D eigenvalue weighted by Crippen LogP contribution is 2.27. The highest BCUT2D eigenvalue weighted by atomic mass is 35.5. The number of benzene rings is 1. The highest BCUT2D eigenvalue weighted by molar-refractivity contribution is 6.30. The molecule has 0 bridgehead atoms. The third-order valence-electron chi connectivity index (χ3n) is 2.77. The summed E-state index contributed by atoms with van der Waals surface area (Å²) in [5.74, 6) is -0.197. The number of nitrogen functional groups attached to an aromatic ring is 1. The van der Waals surface area contributed by atoms with Gasteiger partial charge in [0.2, 0.25) is 0 Å². The molecule has 0 fully saturated rings. The van der Waals surface area contributed by atoms with Gasteiger partial charge in [0.15, 0.2) is 0 Å². The molecule has 7 heteroatoms. The Morgan fingerprint density at radius 3 is 2.71 bits per heavy atom. The molecule has 1 aromatic carbocycles. The number of nitrogens with zero attached hydrogens (tertiary/aromatic N) is 3. The van der Waals surface area contributed by atoms with Crippen LogP contribution in [0.2, 0.25) is 5.02 Å². The zero-order valence-electron chi connectivity index (χ0n) is 11.8. The van der Waals surface area contributed by atoms with Crippen molar-refractivity contribution in [3.8, 4) is 17.1 Å². The van der Waals surface area contributed by atoms with Crippen LogP contribution >= 0.6 is 11.6 Å². The van der Waals surface area contributed by atoms with E-state index in [2.05, 4.69) is 10.2 Å². The van der Waals surface area contributed by atoms with Crippen molar-refractivity contribution in [3.63, 3.8) is 0 Å². The summed E-state index contributed by atoms with van der Waals surface area (Å²) in [4.78, 5) is 1.97. The van der Waals surface area contributed by atoms with Crippen molar-refractivity contribution in [3.05, 3.63) is 35.1 Å². The Kier molecular flexibility index (Phi) is 4.93. The van der Waals surface area contributed by atoms with Gasteiger partial charge in [-0.05, 0) is 38.4 Å². The summed E-state index contributed by atoms with van der Waals surface area (Å²) in [6.45, 7) is 1.17. The second-order valence-corrected chi connectivity index (χ2v) is 5.20. The van der Waals surface area contributed by atoms with Crippen LogP contribution < -0.4 is 10.5 Å². The molecule has 0 unspecified atom stereocenters. The minimum absolute atomic E-state index is 0.239. The molecule has 0 amide bonds. The number of hydrogen-bond acceptors (Lipinski definition) is 5. The van der Waals surface area contributed by atoms with Gasteiger partial charge in [-0.1, -0.05) is 11.6 Å². The molecule has 0 spiro atoms. The summed E-state index contributed by atoms with van der Waals surface area (Å²) in [7, 11) is 3.87. The number of hydrogen-bond donors (Lipinski definition) is 1. The second-order valence-electron chi connectivity index (χ2n) is 4.77. The van der Waals surface area contributed by atoms with E-state index in [1.54, 1.807) is 0 Å². The average molecular weight is 311 g/mol. The standard InChI is InChI=1S/C14H16ClFN4O/c1-20(2)5-6-21-14-12(17)8-13(18-19-14)10-7-9(15)3-4-11(10)16/h3-4,7-8H,5-6H2,1-2H3,(H2,17,18). The number of aromatic nitrogens is 2. The fourth-order valence-corrected chi connectivity index (χ4v) is 1.83. The molecule has 1 heterocycles. The van der Waals surface area contributed by atoms with Gasteiger partial charge in [0, 0.05) is 17.1 Å². The Balaban J connectivity index is 2.20. The van der Waals surface area contributed by atoms with Gasteiger partial charge in [-0.15, -0.1) is 10.2 Å². The van der Waals surface area contributed by atoms with Crippen LogP contribution in [0, 0.1) is 5.82 Å². The molecule has 21 heavy (non-hydrogen) atoms. The lowest BCUT2D eigenvalue weighted by atomic mass is 10.1. The topological polar surface area (TPSA) is 64.3 Å². The summed E-state index contributed by atoms with van der Waals surface area (Å²) in [6.07, 6.45) is 0. The molecule has 0 radical (unpaired) electrons. The Morgan fingerprint density at radius 1 is 1.29 bits per heavy atom. The molecule has 5 nitrogen and oxygen atoms in total. The van der Waals surface area contributed by atoms with Crippen LogP contribution in [0.15, 0.2) is 24.3 Å². The van der Waals surface area contributed by atoms with Gasteiger partial charge in [-0.2, -0.15) is 0 Å². The lowest BCUT2D eigenvalue weighted by Gasteiger charge is -2.12. The summed E-state index contributed by atoms with van der Waals surface area (Å²) in [5.41, 5.74) is 6.73. The van der Waals surface area contributed by atoms with E-state index in [1.165, 1.54) is 24.3 Å². The zero-order chi connectivity index (χ0) is 15.4. The third-order valence-corrected chi connectivity index (χ3v) is 3.00. The summed E-state index contributed by atoms with van der Waals surface area (Å²) < 4.78 is 19.2. The maximum atomic E-state index is 13.8. The lowest BCUT2D eigenvalue weighted by molar-refractivity contribution is 0.253. The maximum Gasteiger partial charge on any atom is 0.256 e. The van der Waals surface area contributed by atoms with Crippen molar-refractivity contribution >= 4 is 17.3 Å². The van der Waals surface area contributed by atoms with Crippen molar-refractivity contribution in [2.75, 3.05) is 33.0 Å². The van der Waals surface area contributed by atoms with E-state index in [0.717, 1.165) is 6.54 Å². The summed E-state index contributed by atoms with van der Waals surface area (Å²) in [5, 5.41) is 8.25. The molecule has 0 aliphatic carbocycles. The van der Waals surface area contributed by atoms with E-state index in [9.17, 15) is 4.39 Å². The van der Waals surface area contributed by atoms with Crippen molar-refractivity contribution in [2.24, 2.45) is 0 Å². The van der Waals surface area contributed by atoms with Crippen molar-refractivity contribution in [1.82, 2.24) is 15.1 Å². The van der Waals surface area contributed by atoms with Crippen LogP contribution in [-0.4, -0.2) is 42.3 Å². The molecular formula is C14H16ClFN4O. The van der Waals surface area contributed by atoms with Crippen molar-refractivity contribution in [1.29, 1.82) is 0 Å². The van der Waals surface area contributed by atoms with Crippen LogP contribution in [0.1, 0.15) is 0 Å². The summed E-state index contributed by atoms with van der Waals surface area (Å²) >= 11 is 5.86. The average Bonchev–Trinajstić information content (AvgIpc) is 2.43. The fraction of sp³-hybridized carbons (Fsp3) is 0.286. The molecule has 0 aliphatic heterocycles. The number of ether oxygens (including phenoxy) is 1. The van der Waals surface area contributed by atoms with Gasteiger partial charge in [0.25, 0.3) is 5.88 Å². The Hall–Kier alpha value is -1.92. The fourth-order valence-electron chi connectivity index (χ4n) is 1.66. The number of anilines is 1. The number of rotatable bonds is 5. The first-order chi connectivity index (χ1) is 9.97. The first kappa shape index (κ1) is 15.5. The van der Waals surface area contributed by atoms with Gasteiger partial charge in [0.05, 0.1) is 11.4 Å². The largest absolute Gasteiger partial charge is 0.474 e. The molecule has 0 saturated carbocycles. The van der Waals surface area contributed by atoms with Gasteiger partial charge in [-0.3, -0.25) is 0 Å². The van der Waals surface area contributed by atoms with Gasteiger partial charge in [-0.25, -0.2) is 4.39 Å². The first-order valence-electron chi connectivity index (χ1n) is 6.33. The molecular weight excluding hydrogens is 295 g/mol. The number of nitrogens with two attached hydrogens (primary N) is 1. The van der Waals surface area contributed by atoms with Crippen LogP contribution in [0.5, 0.6) is 5.88 Å². The Labute approximate surface area is 127 Å². The molecule has 0 atom stereocenters. The smallest absolute Gasteiger partial charge is 0.256 e. The van der Waals surface area contributed by atoms with E-state index in [0.29, 0.717) is 23.0 Å². The van der Waals surface area contributed by atoms with E-state index >= 15 is 0 Å². The number of likely N-dealkylation sites (N-methyl/N-ethyl adjacent to an activating group) is 1. The number of halogens is 2. The van der Waals surface area contributed by atoms with Gasteiger partial charge in [0.1, 0.15) is 12.4 Å². The van der Waals surface area contributed by atoms with Crippen LogP contribution in [0.3, 0.4) is 0 Å². The predicted octanol–water partition coefficient (Wildman–Crippen LogP) is 2.46. The minimum Gasteiger partial charge on any atom is -0.474 e. The van der Waals surface area contributed by atoms with Gasteiger partial charge < -0.3 is 15.4 Å². The normalized spacial score (nSPS) is 10.9. The van der Waals surface area contributed by atoms with Crippen molar-refractivity contribution < 1.29 is 9.13 Å². The molecule has 112 valence electrons. The molecule has 2 rings (SSSR count). The first-order valence-corrected chi connectivity index (χ1v) is 6.71. The lowest BCUT2D eigenvalue weighted by Crippen LogP contribution is -2.20. The Morgan fingerprint density at radius 2 is 2.05 bits per heavy atom. The molecule has 2 aromatic rings. The molecule has 1 aromatic heterocycles. The van der Waals surface area contributed by atoms with E-state index in [-0.39, 0.29) is 11.4 Å². The SMILES string of the molecule is CN(C)CCOc1nnc(-c2cc(Cl)ccc2F)cc1N. The van der Waals surface area contributed by atoms with Crippen LogP contribution in [0.4, 0.5) is 10.1 Å². The van der Waals surface area contributed by atoms with Crippen LogP contribution in [0.25, 0.3) is 11.3 Å². The van der Waals surface area contributed by atoms with Gasteiger partial charge >= 0.3 is 0 Å². The predicted molar refractivity (Wildman–Crippen MR) is 80.9 cm³/mol. The summed E-state index contributed by atoms with van der Waals surface area (Å²) in [6, 6.07) is 5.74. The van der Waals surface area contributed by atoms with E-state index in [1.807, 2.05) is 19.0 Å². The monoisotopic (exact) mass is 310 g/mol. The van der Waals surface area contributed by atoms with E-state index in [4.69, 9.17) is 22.1 Å². The van der Waals surface area contributed by atoms with Crippen molar-refractivity contribution in [2.45, 2.75) is 0 Å². The van der Waals surface area contributed by atoms with E-state index < -0.39 is 5.82 Å². The quantitative estimate of drug-likeness (QED) is 0.919. The molecule has 0 saturated heterocycles. The third kappa shape index (κ3) is 4.03. The molecule has 0 aliphatic rings. The van der Waals surface area contributed by atoms with Crippen LogP contribution in [-0.2, 0) is 0 Å². The molecule has 2 N–H and O–H groups in total.